The Labute approximate surface area is 116 Å². The molecule has 2 aromatic rings. The summed E-state index contributed by atoms with van der Waals surface area (Å²) in [4.78, 5) is 4.58. The quantitative estimate of drug-likeness (QED) is 0.786. The van der Waals surface area contributed by atoms with Crippen LogP contribution in [0.15, 0.2) is 18.2 Å². The Balaban J connectivity index is 2.14. The van der Waals surface area contributed by atoms with Crippen molar-refractivity contribution in [1.29, 1.82) is 0 Å². The van der Waals surface area contributed by atoms with E-state index in [0.717, 1.165) is 35.0 Å². The van der Waals surface area contributed by atoms with Gasteiger partial charge in [0.05, 0.1) is 16.9 Å². The highest BCUT2D eigenvalue weighted by molar-refractivity contribution is 6.31. The molecule has 1 aromatic heterocycles. The zero-order valence-corrected chi connectivity index (χ0v) is 11.6. The number of piperidine rings is 1. The predicted molar refractivity (Wildman–Crippen MR) is 76.1 cm³/mol. The average molecular weight is 284 g/mol. The minimum atomic E-state index is 0.419. The van der Waals surface area contributed by atoms with Gasteiger partial charge in [0.1, 0.15) is 5.82 Å². The summed E-state index contributed by atoms with van der Waals surface area (Å²) in [5.74, 6) is 1.32. The van der Waals surface area contributed by atoms with E-state index >= 15 is 0 Å². The van der Waals surface area contributed by atoms with Crippen molar-refractivity contribution in [3.05, 3.63) is 29.0 Å². The van der Waals surface area contributed by atoms with Crippen LogP contribution in [0, 0.1) is 0 Å². The number of benzene rings is 1. The lowest BCUT2D eigenvalue weighted by atomic mass is 10.2. The van der Waals surface area contributed by atoms with E-state index in [1.165, 1.54) is 19.3 Å². The molecule has 0 N–H and O–H groups in total. The fourth-order valence-corrected chi connectivity index (χ4v) is 2.90. The topological polar surface area (TPSA) is 21.1 Å². The van der Waals surface area contributed by atoms with Gasteiger partial charge in [-0.15, -0.1) is 11.6 Å². The minimum Gasteiger partial charge on any atom is -0.311 e. The summed E-state index contributed by atoms with van der Waals surface area (Å²) in [5.41, 5.74) is 2.01. The summed E-state index contributed by atoms with van der Waals surface area (Å²) < 4.78 is 2.15. The normalized spacial score (nSPS) is 16.4. The third kappa shape index (κ3) is 2.06. The van der Waals surface area contributed by atoms with Crippen molar-refractivity contribution in [3.8, 4) is 0 Å². The van der Waals surface area contributed by atoms with E-state index in [1.54, 1.807) is 0 Å². The Kier molecular flexibility index (Phi) is 3.35. The molecule has 1 saturated heterocycles. The van der Waals surface area contributed by atoms with Gasteiger partial charge in [-0.2, -0.15) is 0 Å². The monoisotopic (exact) mass is 283 g/mol. The van der Waals surface area contributed by atoms with Gasteiger partial charge in [0.2, 0.25) is 0 Å². The third-order valence-corrected chi connectivity index (χ3v) is 3.87. The minimum absolute atomic E-state index is 0.419. The maximum atomic E-state index is 6.09. The zero-order chi connectivity index (χ0) is 12.5. The Bertz CT molecular complexity index is 559. The molecule has 1 aromatic carbocycles. The fraction of sp³-hybridized carbons (Fsp3) is 0.462. The molecule has 0 unspecified atom stereocenters. The van der Waals surface area contributed by atoms with Crippen molar-refractivity contribution >= 4 is 34.2 Å². The molecule has 0 atom stereocenters. The first-order chi connectivity index (χ1) is 8.79. The second-order valence-electron chi connectivity index (χ2n) is 4.62. The molecular weight excluding hydrogens is 269 g/mol. The van der Waals surface area contributed by atoms with Crippen LogP contribution >= 0.6 is 23.2 Å². The maximum Gasteiger partial charge on any atom is 0.143 e. The fourth-order valence-electron chi connectivity index (χ4n) is 2.57. The van der Waals surface area contributed by atoms with Crippen LogP contribution in [0.3, 0.4) is 0 Å². The maximum absolute atomic E-state index is 6.09. The van der Waals surface area contributed by atoms with Crippen LogP contribution < -0.4 is 5.01 Å². The van der Waals surface area contributed by atoms with E-state index < -0.39 is 0 Å². The molecule has 96 valence electrons. The molecule has 1 aliphatic rings. The van der Waals surface area contributed by atoms with Gasteiger partial charge in [-0.1, -0.05) is 11.6 Å². The highest BCUT2D eigenvalue weighted by Crippen LogP contribution is 2.23. The van der Waals surface area contributed by atoms with E-state index in [1.807, 2.05) is 18.2 Å². The van der Waals surface area contributed by atoms with Crippen molar-refractivity contribution in [2.75, 3.05) is 18.1 Å². The van der Waals surface area contributed by atoms with Gasteiger partial charge >= 0.3 is 0 Å². The largest absolute Gasteiger partial charge is 0.311 e. The Morgan fingerprint density at radius 2 is 1.94 bits per heavy atom. The smallest absolute Gasteiger partial charge is 0.143 e. The van der Waals surface area contributed by atoms with Crippen molar-refractivity contribution in [3.63, 3.8) is 0 Å². The van der Waals surface area contributed by atoms with Crippen molar-refractivity contribution in [2.45, 2.75) is 25.1 Å². The first kappa shape index (κ1) is 12.1. The van der Waals surface area contributed by atoms with Gasteiger partial charge in [0.25, 0.3) is 0 Å². The summed E-state index contributed by atoms with van der Waals surface area (Å²) in [5, 5.41) is 3.06. The second-order valence-corrected chi connectivity index (χ2v) is 5.32. The molecule has 0 saturated carbocycles. The molecule has 0 aliphatic carbocycles. The number of alkyl halides is 1. The molecule has 0 bridgehead atoms. The number of aromatic nitrogens is 2. The summed E-state index contributed by atoms with van der Waals surface area (Å²) in [6, 6.07) is 5.79. The van der Waals surface area contributed by atoms with Gasteiger partial charge in [-0.25, -0.2) is 9.66 Å². The van der Waals surface area contributed by atoms with E-state index in [2.05, 4.69) is 14.7 Å². The molecule has 18 heavy (non-hydrogen) atoms. The number of fused-ring (bicyclic) bond motifs is 1. The van der Waals surface area contributed by atoms with E-state index in [4.69, 9.17) is 23.2 Å². The van der Waals surface area contributed by atoms with Crippen molar-refractivity contribution < 1.29 is 0 Å². The predicted octanol–water partition coefficient (Wildman–Crippen LogP) is 3.55. The van der Waals surface area contributed by atoms with Gasteiger partial charge in [0.15, 0.2) is 0 Å². The summed E-state index contributed by atoms with van der Waals surface area (Å²) >= 11 is 12.1. The molecule has 0 amide bonds. The highest BCUT2D eigenvalue weighted by Gasteiger charge is 2.18. The zero-order valence-electron chi connectivity index (χ0n) is 10.1. The Morgan fingerprint density at radius 3 is 2.67 bits per heavy atom. The van der Waals surface area contributed by atoms with Crippen LogP contribution in [-0.2, 0) is 5.88 Å². The van der Waals surface area contributed by atoms with Gasteiger partial charge in [-0.05, 0) is 37.5 Å². The number of halogens is 2. The lowest BCUT2D eigenvalue weighted by Gasteiger charge is -2.31. The number of imidazole rings is 1. The lowest BCUT2D eigenvalue weighted by molar-refractivity contribution is 0.478. The number of hydrogen-bond donors (Lipinski definition) is 0. The summed E-state index contributed by atoms with van der Waals surface area (Å²) in [6.07, 6.45) is 3.75. The van der Waals surface area contributed by atoms with Crippen LogP contribution in [0.2, 0.25) is 5.02 Å². The van der Waals surface area contributed by atoms with Crippen LogP contribution in [-0.4, -0.2) is 22.7 Å². The molecule has 2 heterocycles. The molecule has 1 aliphatic heterocycles. The summed E-state index contributed by atoms with van der Waals surface area (Å²) in [7, 11) is 0. The molecule has 3 nitrogen and oxygen atoms in total. The average Bonchev–Trinajstić information content (AvgIpc) is 2.77. The standard InChI is InChI=1S/C13H15Cl2N3/c14-9-13-16-11-5-4-10(15)8-12(11)18(13)17-6-2-1-3-7-17/h4-5,8H,1-3,6-7,9H2. The highest BCUT2D eigenvalue weighted by atomic mass is 35.5. The van der Waals surface area contributed by atoms with Gasteiger partial charge < -0.3 is 5.01 Å². The Morgan fingerprint density at radius 1 is 1.17 bits per heavy atom. The molecule has 3 rings (SSSR count). The first-order valence-electron chi connectivity index (χ1n) is 6.27. The molecular formula is C13H15Cl2N3. The van der Waals surface area contributed by atoms with Crippen LogP contribution in [0.4, 0.5) is 0 Å². The SMILES string of the molecule is ClCc1nc2ccc(Cl)cc2n1N1CCCCC1. The molecule has 1 fully saturated rings. The lowest BCUT2D eigenvalue weighted by Crippen LogP contribution is -2.39. The number of nitrogens with zero attached hydrogens (tertiary/aromatic N) is 3. The van der Waals surface area contributed by atoms with Gasteiger partial charge in [0, 0.05) is 18.1 Å². The van der Waals surface area contributed by atoms with Crippen LogP contribution in [0.25, 0.3) is 11.0 Å². The van der Waals surface area contributed by atoms with E-state index in [9.17, 15) is 0 Å². The van der Waals surface area contributed by atoms with Crippen LogP contribution in [0.5, 0.6) is 0 Å². The third-order valence-electron chi connectivity index (χ3n) is 3.39. The van der Waals surface area contributed by atoms with Crippen LogP contribution in [0.1, 0.15) is 25.1 Å². The Hall–Kier alpha value is -0.930. The number of hydrogen-bond acceptors (Lipinski definition) is 2. The second kappa shape index (κ2) is 4.98. The van der Waals surface area contributed by atoms with Crippen molar-refractivity contribution in [2.24, 2.45) is 0 Å². The van der Waals surface area contributed by atoms with Crippen molar-refractivity contribution in [1.82, 2.24) is 9.66 Å². The van der Waals surface area contributed by atoms with E-state index in [-0.39, 0.29) is 0 Å². The molecule has 0 spiro atoms. The van der Waals surface area contributed by atoms with Gasteiger partial charge in [-0.3, -0.25) is 0 Å². The van der Waals surface area contributed by atoms with E-state index in [0.29, 0.717) is 5.88 Å². The number of rotatable bonds is 2. The molecule has 0 radical (unpaired) electrons. The molecule has 5 heteroatoms. The summed E-state index contributed by atoms with van der Waals surface area (Å²) in [6.45, 7) is 2.11. The first-order valence-corrected chi connectivity index (χ1v) is 7.19.